The molecule has 182 valence electrons. The van der Waals surface area contributed by atoms with Crippen LogP contribution in [0, 0.1) is 0 Å². The number of nitrogens with zero attached hydrogens (tertiary/aromatic N) is 3. The third kappa shape index (κ3) is 4.40. The van der Waals surface area contributed by atoms with E-state index in [1.807, 2.05) is 0 Å². The van der Waals surface area contributed by atoms with Crippen molar-refractivity contribution >= 4 is 0 Å². The lowest BCUT2D eigenvalue weighted by molar-refractivity contribution is -0.254. The second-order valence-electron chi connectivity index (χ2n) is 8.17. The maximum absolute atomic E-state index is 10.3. The van der Waals surface area contributed by atoms with Crippen LogP contribution < -0.4 is 0 Å². The van der Waals surface area contributed by atoms with Gasteiger partial charge in [0.05, 0.1) is 19.4 Å². The Morgan fingerprint density at radius 1 is 0.727 bits per heavy atom. The molecule has 2 aliphatic heterocycles. The van der Waals surface area contributed by atoms with Crippen LogP contribution in [0.15, 0.2) is 30.5 Å². The minimum atomic E-state index is -1.55. The molecule has 2 saturated heterocycles. The van der Waals surface area contributed by atoms with Crippen molar-refractivity contribution in [2.45, 2.75) is 61.2 Å². The van der Waals surface area contributed by atoms with Crippen LogP contribution in [0.5, 0.6) is 0 Å². The first-order valence-electron chi connectivity index (χ1n) is 10.4. The molecule has 10 atom stereocenters. The third-order valence-corrected chi connectivity index (χ3v) is 6.07. The van der Waals surface area contributed by atoms with Gasteiger partial charge in [-0.2, -0.15) is 0 Å². The molecule has 2 fully saturated rings. The molecule has 2 aliphatic rings. The Bertz CT molecular complexity index is 923. The fraction of sp³-hybridized carbons (Fsp3) is 0.600. The van der Waals surface area contributed by atoms with Crippen LogP contribution in [0.25, 0.3) is 11.3 Å². The van der Waals surface area contributed by atoms with Gasteiger partial charge in [0, 0.05) is 5.56 Å². The van der Waals surface area contributed by atoms with Crippen LogP contribution in [0.2, 0.25) is 0 Å². The Labute approximate surface area is 187 Å². The van der Waals surface area contributed by atoms with Crippen LogP contribution in [0.1, 0.15) is 17.9 Å². The molecule has 0 aliphatic carbocycles. The number of hydrogen-bond donors (Lipinski definition) is 8. The number of aliphatic hydroxyl groups is 8. The van der Waals surface area contributed by atoms with Gasteiger partial charge in [0.15, 0.2) is 6.23 Å². The number of aliphatic hydroxyl groups excluding tert-OH is 8. The highest BCUT2D eigenvalue weighted by Crippen LogP contribution is 2.34. The zero-order chi connectivity index (χ0) is 23.9. The Balaban J connectivity index is 1.52. The summed E-state index contributed by atoms with van der Waals surface area (Å²) in [4.78, 5) is 0. The first-order chi connectivity index (χ1) is 15.8. The lowest BCUT2D eigenvalue weighted by Gasteiger charge is -2.40. The van der Waals surface area contributed by atoms with Gasteiger partial charge in [0.2, 0.25) is 0 Å². The van der Waals surface area contributed by atoms with Crippen molar-refractivity contribution in [3.05, 3.63) is 36.0 Å². The van der Waals surface area contributed by atoms with E-state index in [1.54, 1.807) is 24.3 Å². The molecule has 1 aromatic carbocycles. The van der Waals surface area contributed by atoms with E-state index in [0.717, 1.165) is 0 Å². The van der Waals surface area contributed by atoms with Crippen LogP contribution in [-0.2, 0) is 9.47 Å². The second kappa shape index (κ2) is 9.68. The summed E-state index contributed by atoms with van der Waals surface area (Å²) in [5.41, 5.74) is 1.48. The molecule has 3 heterocycles. The Kier molecular flexibility index (Phi) is 7.07. The standard InChI is InChI=1S/C20H27N3O10/c24-6-11-13(26)15(28)17(30)19(32-11)9-3-1-8(2-4-9)10-5-23(22-21-10)20-18(31)16(29)14(27)12(7-25)33-20/h1-5,11-20,24-31H,6-7H2/t11-,12-,13-,14-,15+,16-,17+,18-,19-,20+/m1/s1. The first-order valence-corrected chi connectivity index (χ1v) is 10.4. The Morgan fingerprint density at radius 3 is 1.91 bits per heavy atom. The quantitative estimate of drug-likeness (QED) is 0.214. The minimum absolute atomic E-state index is 0.382. The number of benzene rings is 1. The van der Waals surface area contributed by atoms with Gasteiger partial charge in [-0.25, -0.2) is 4.68 Å². The normalized spacial score (nSPS) is 39.5. The Hall–Kier alpha value is -2.04. The van der Waals surface area contributed by atoms with Crippen LogP contribution in [0.4, 0.5) is 0 Å². The summed E-state index contributed by atoms with van der Waals surface area (Å²) in [5.74, 6) is 0. The molecule has 33 heavy (non-hydrogen) atoms. The van der Waals surface area contributed by atoms with Gasteiger partial charge in [-0.05, 0) is 5.56 Å². The summed E-state index contributed by atoms with van der Waals surface area (Å²) in [5, 5.41) is 86.9. The maximum atomic E-state index is 10.3. The van der Waals surface area contributed by atoms with Gasteiger partial charge in [-0.3, -0.25) is 0 Å². The van der Waals surface area contributed by atoms with Crippen molar-refractivity contribution in [3.63, 3.8) is 0 Å². The van der Waals surface area contributed by atoms with Gasteiger partial charge < -0.3 is 50.3 Å². The molecule has 0 saturated carbocycles. The topological polar surface area (TPSA) is 211 Å². The minimum Gasteiger partial charge on any atom is -0.394 e. The molecular weight excluding hydrogens is 442 g/mol. The predicted octanol–water partition coefficient (Wildman–Crippen LogP) is -3.57. The van der Waals surface area contributed by atoms with E-state index in [4.69, 9.17) is 9.47 Å². The van der Waals surface area contributed by atoms with E-state index in [2.05, 4.69) is 10.3 Å². The summed E-state index contributed by atoms with van der Waals surface area (Å²) in [6.07, 6.45) is -11.7. The van der Waals surface area contributed by atoms with E-state index in [1.165, 1.54) is 10.9 Å². The van der Waals surface area contributed by atoms with Gasteiger partial charge in [0.25, 0.3) is 0 Å². The lowest BCUT2D eigenvalue weighted by Crippen LogP contribution is -2.56. The molecule has 4 rings (SSSR count). The van der Waals surface area contributed by atoms with Gasteiger partial charge in [0.1, 0.15) is 60.6 Å². The predicted molar refractivity (Wildman–Crippen MR) is 107 cm³/mol. The molecule has 8 N–H and O–H groups in total. The zero-order valence-corrected chi connectivity index (χ0v) is 17.3. The molecule has 13 nitrogen and oxygen atoms in total. The molecule has 0 bridgehead atoms. The summed E-state index contributed by atoms with van der Waals surface area (Å²) < 4.78 is 12.2. The molecule has 0 spiro atoms. The molecule has 13 heteroatoms. The highest BCUT2D eigenvalue weighted by molar-refractivity contribution is 5.58. The number of rotatable bonds is 5. The van der Waals surface area contributed by atoms with Gasteiger partial charge in [-0.15, -0.1) is 5.10 Å². The molecule has 1 aromatic heterocycles. The fourth-order valence-electron chi connectivity index (χ4n) is 4.05. The van der Waals surface area contributed by atoms with E-state index in [0.29, 0.717) is 16.8 Å². The lowest BCUT2D eigenvalue weighted by atomic mass is 9.91. The third-order valence-electron chi connectivity index (χ3n) is 6.07. The van der Waals surface area contributed by atoms with Crippen molar-refractivity contribution in [1.29, 1.82) is 0 Å². The largest absolute Gasteiger partial charge is 0.394 e. The number of hydrogen-bond acceptors (Lipinski definition) is 12. The zero-order valence-electron chi connectivity index (χ0n) is 17.3. The number of ether oxygens (including phenoxy) is 2. The van der Waals surface area contributed by atoms with Crippen molar-refractivity contribution in [1.82, 2.24) is 15.0 Å². The fourth-order valence-corrected chi connectivity index (χ4v) is 4.05. The summed E-state index contributed by atoms with van der Waals surface area (Å²) in [6.45, 7) is -1.09. The molecule has 0 radical (unpaired) electrons. The molecule has 0 unspecified atom stereocenters. The van der Waals surface area contributed by atoms with Crippen molar-refractivity contribution in [2.24, 2.45) is 0 Å². The average molecular weight is 469 g/mol. The molecule has 0 amide bonds. The smallest absolute Gasteiger partial charge is 0.180 e. The van der Waals surface area contributed by atoms with Crippen molar-refractivity contribution in [2.75, 3.05) is 13.2 Å². The van der Waals surface area contributed by atoms with E-state index < -0.39 is 74.4 Å². The highest BCUT2D eigenvalue weighted by Gasteiger charge is 2.45. The van der Waals surface area contributed by atoms with Crippen LogP contribution in [0.3, 0.4) is 0 Å². The highest BCUT2D eigenvalue weighted by atomic mass is 16.6. The summed E-state index contributed by atoms with van der Waals surface area (Å²) in [7, 11) is 0. The van der Waals surface area contributed by atoms with Gasteiger partial charge in [-0.1, -0.05) is 29.5 Å². The van der Waals surface area contributed by atoms with Crippen molar-refractivity contribution < 1.29 is 50.3 Å². The SMILES string of the molecule is OC[C@H]1O[C@H](c2ccc(-c3cn([C@H]4O[C@H](CO)[C@@H](O)[C@@H](O)[C@H]4O)nn3)cc2)[C@@H](O)[C@@H](O)[C@@H]1O. The van der Waals surface area contributed by atoms with Gasteiger partial charge >= 0.3 is 0 Å². The first kappa shape index (κ1) is 24.1. The summed E-state index contributed by atoms with van der Waals surface area (Å²) >= 11 is 0. The second-order valence-corrected chi connectivity index (χ2v) is 8.17. The van der Waals surface area contributed by atoms with E-state index in [9.17, 15) is 40.9 Å². The molecule has 2 aromatic rings. The monoisotopic (exact) mass is 469 g/mol. The van der Waals surface area contributed by atoms with E-state index in [-0.39, 0.29) is 0 Å². The molecular formula is C20H27N3O10. The average Bonchev–Trinajstić information content (AvgIpc) is 3.32. The maximum Gasteiger partial charge on any atom is 0.180 e. The number of aromatic nitrogens is 3. The van der Waals surface area contributed by atoms with Crippen LogP contribution in [-0.4, -0.2) is 118 Å². The van der Waals surface area contributed by atoms with Crippen LogP contribution >= 0.6 is 0 Å². The summed E-state index contributed by atoms with van der Waals surface area (Å²) in [6, 6.07) is 6.54. The Morgan fingerprint density at radius 2 is 1.30 bits per heavy atom. The van der Waals surface area contributed by atoms with Crippen molar-refractivity contribution in [3.8, 4) is 11.3 Å². The van der Waals surface area contributed by atoms with E-state index >= 15 is 0 Å².